The summed E-state index contributed by atoms with van der Waals surface area (Å²) < 4.78 is 10.6. The quantitative estimate of drug-likeness (QED) is 0.404. The average molecular weight is 385 g/mol. The molecule has 8 nitrogen and oxygen atoms in total. The maximum absolute atomic E-state index is 12.1. The molecule has 0 aromatic heterocycles. The molecule has 0 aliphatic carbocycles. The zero-order chi connectivity index (χ0) is 20.5. The number of nitro groups is 1. The third-order valence-corrected chi connectivity index (χ3v) is 3.82. The highest BCUT2D eigenvalue weighted by Crippen LogP contribution is 2.28. The van der Waals surface area contributed by atoms with Gasteiger partial charge in [0.25, 0.3) is 0 Å². The number of hydrazone groups is 1. The van der Waals surface area contributed by atoms with Gasteiger partial charge in [-0.3, -0.25) is 14.9 Å². The number of nitrogens with one attached hydrogen (secondary N) is 1. The first-order valence-corrected chi connectivity index (χ1v) is 8.91. The van der Waals surface area contributed by atoms with E-state index < -0.39 is 4.92 Å². The molecule has 2 aromatic rings. The molecular weight excluding hydrogens is 362 g/mol. The second-order valence-electron chi connectivity index (χ2n) is 5.86. The van der Waals surface area contributed by atoms with Crippen molar-refractivity contribution in [2.24, 2.45) is 5.10 Å². The van der Waals surface area contributed by atoms with Crippen LogP contribution in [0.5, 0.6) is 11.5 Å². The number of hydrogen-bond donors (Lipinski definition) is 1. The van der Waals surface area contributed by atoms with Crippen molar-refractivity contribution in [3.63, 3.8) is 0 Å². The summed E-state index contributed by atoms with van der Waals surface area (Å²) >= 11 is 0. The van der Waals surface area contributed by atoms with Crippen molar-refractivity contribution >= 4 is 17.3 Å². The molecule has 0 aliphatic heterocycles. The van der Waals surface area contributed by atoms with Crippen molar-refractivity contribution in [2.45, 2.75) is 27.2 Å². The Morgan fingerprint density at radius 1 is 1.11 bits per heavy atom. The van der Waals surface area contributed by atoms with Crippen LogP contribution in [-0.4, -0.2) is 29.8 Å². The Balaban J connectivity index is 2.03. The topological polar surface area (TPSA) is 103 Å². The summed E-state index contributed by atoms with van der Waals surface area (Å²) in [6.07, 6.45) is 0.159. The molecule has 28 heavy (non-hydrogen) atoms. The average Bonchev–Trinajstić information content (AvgIpc) is 2.68. The van der Waals surface area contributed by atoms with Crippen molar-refractivity contribution in [3.8, 4) is 11.5 Å². The molecule has 1 N–H and O–H groups in total. The third-order valence-electron chi connectivity index (χ3n) is 3.82. The van der Waals surface area contributed by atoms with Crippen molar-refractivity contribution in [1.82, 2.24) is 5.43 Å². The zero-order valence-corrected chi connectivity index (χ0v) is 16.1. The smallest absolute Gasteiger partial charge is 0.311 e. The molecule has 148 valence electrons. The van der Waals surface area contributed by atoms with Crippen molar-refractivity contribution < 1.29 is 19.2 Å². The maximum atomic E-state index is 12.1. The first-order valence-electron chi connectivity index (χ1n) is 8.91. The van der Waals surface area contributed by atoms with Crippen LogP contribution in [0, 0.1) is 10.1 Å². The third kappa shape index (κ3) is 5.80. The fraction of sp³-hybridized carbons (Fsp3) is 0.300. The molecule has 8 heteroatoms. The summed E-state index contributed by atoms with van der Waals surface area (Å²) in [5.74, 6) is 0.658. The number of carbonyl (C=O) groups is 1. The first kappa shape index (κ1) is 20.9. The minimum atomic E-state index is -0.508. The van der Waals surface area contributed by atoms with Gasteiger partial charge in [-0.25, -0.2) is 5.43 Å². The van der Waals surface area contributed by atoms with E-state index in [-0.39, 0.29) is 23.8 Å². The molecule has 0 atom stereocenters. The van der Waals surface area contributed by atoms with Crippen LogP contribution in [0.3, 0.4) is 0 Å². The Kier molecular flexibility index (Phi) is 7.50. The van der Waals surface area contributed by atoms with Gasteiger partial charge in [-0.05, 0) is 50.6 Å². The van der Waals surface area contributed by atoms with Crippen LogP contribution in [0.25, 0.3) is 0 Å². The Bertz CT molecular complexity index is 863. The number of benzene rings is 2. The van der Waals surface area contributed by atoms with Gasteiger partial charge in [0.2, 0.25) is 5.91 Å². The minimum absolute atomic E-state index is 0.144. The molecule has 1 amide bonds. The van der Waals surface area contributed by atoms with Gasteiger partial charge < -0.3 is 9.47 Å². The van der Waals surface area contributed by atoms with E-state index in [0.29, 0.717) is 24.5 Å². The fourth-order valence-corrected chi connectivity index (χ4v) is 2.47. The van der Waals surface area contributed by atoms with Crippen LogP contribution < -0.4 is 14.9 Å². The molecule has 0 saturated heterocycles. The number of nitrogens with zero attached hydrogens (tertiary/aromatic N) is 2. The van der Waals surface area contributed by atoms with Gasteiger partial charge in [-0.1, -0.05) is 12.1 Å². The van der Waals surface area contributed by atoms with E-state index in [4.69, 9.17) is 9.47 Å². The van der Waals surface area contributed by atoms with Gasteiger partial charge in [0.05, 0.1) is 30.3 Å². The molecule has 0 spiro atoms. The molecule has 0 radical (unpaired) electrons. The number of carbonyl (C=O) groups excluding carboxylic acids is 1. The van der Waals surface area contributed by atoms with Gasteiger partial charge in [-0.2, -0.15) is 5.10 Å². The molecule has 0 unspecified atom stereocenters. The molecule has 0 bridgehead atoms. The van der Waals surface area contributed by atoms with E-state index in [0.717, 1.165) is 11.3 Å². The van der Waals surface area contributed by atoms with Crippen LogP contribution in [-0.2, 0) is 11.2 Å². The number of nitro benzene ring substituents is 1. The fourth-order valence-electron chi connectivity index (χ4n) is 2.47. The standard InChI is InChI=1S/C20H23N3O5/c1-4-27-17-9-6-15(7-10-17)12-20(24)22-21-14(3)16-8-11-19(28-5-2)18(13-16)23(25)26/h6-11,13H,4-5,12H2,1-3H3,(H,22,24)/b21-14-. The van der Waals surface area contributed by atoms with Crippen molar-refractivity contribution in [3.05, 3.63) is 63.7 Å². The van der Waals surface area contributed by atoms with Crippen LogP contribution >= 0.6 is 0 Å². The highest BCUT2D eigenvalue weighted by atomic mass is 16.6. The Labute approximate surface area is 163 Å². The molecule has 0 heterocycles. The maximum Gasteiger partial charge on any atom is 0.311 e. The van der Waals surface area contributed by atoms with Crippen LogP contribution in [0.2, 0.25) is 0 Å². The Hall–Kier alpha value is -3.42. The Morgan fingerprint density at radius 3 is 2.39 bits per heavy atom. The zero-order valence-electron chi connectivity index (χ0n) is 16.1. The molecule has 0 saturated carbocycles. The lowest BCUT2D eigenvalue weighted by Crippen LogP contribution is -2.21. The monoisotopic (exact) mass is 385 g/mol. The molecule has 2 rings (SSSR count). The normalized spacial score (nSPS) is 11.0. The molecule has 0 aliphatic rings. The second-order valence-corrected chi connectivity index (χ2v) is 5.86. The lowest BCUT2D eigenvalue weighted by atomic mass is 10.1. The summed E-state index contributed by atoms with van der Waals surface area (Å²) in [5, 5.41) is 15.3. The summed E-state index contributed by atoms with van der Waals surface area (Å²) in [4.78, 5) is 22.8. The van der Waals surface area contributed by atoms with Gasteiger partial charge in [0.15, 0.2) is 5.75 Å². The highest BCUT2D eigenvalue weighted by Gasteiger charge is 2.16. The Morgan fingerprint density at radius 2 is 1.79 bits per heavy atom. The van der Waals surface area contributed by atoms with Crippen molar-refractivity contribution in [1.29, 1.82) is 0 Å². The minimum Gasteiger partial charge on any atom is -0.494 e. The summed E-state index contributed by atoms with van der Waals surface area (Å²) in [6, 6.07) is 11.8. The van der Waals surface area contributed by atoms with Crippen LogP contribution in [0.15, 0.2) is 47.6 Å². The van der Waals surface area contributed by atoms with E-state index in [1.807, 2.05) is 19.1 Å². The second kappa shape index (κ2) is 10.1. The van der Waals surface area contributed by atoms with Crippen molar-refractivity contribution in [2.75, 3.05) is 13.2 Å². The van der Waals surface area contributed by atoms with Gasteiger partial charge in [-0.15, -0.1) is 0 Å². The predicted molar refractivity (Wildman–Crippen MR) is 106 cm³/mol. The lowest BCUT2D eigenvalue weighted by Gasteiger charge is -2.07. The number of ether oxygens (including phenoxy) is 2. The van der Waals surface area contributed by atoms with Gasteiger partial charge in [0, 0.05) is 11.6 Å². The van der Waals surface area contributed by atoms with E-state index in [9.17, 15) is 14.9 Å². The SMILES string of the molecule is CCOc1ccc(CC(=O)N/N=C(/C)c2ccc(OCC)c([N+](=O)[O-])c2)cc1. The largest absolute Gasteiger partial charge is 0.494 e. The lowest BCUT2D eigenvalue weighted by molar-refractivity contribution is -0.385. The number of hydrogen-bond acceptors (Lipinski definition) is 6. The summed E-state index contributed by atoms with van der Waals surface area (Å²) in [5.41, 5.74) is 4.13. The molecule has 0 fully saturated rings. The van der Waals surface area contributed by atoms with E-state index >= 15 is 0 Å². The summed E-state index contributed by atoms with van der Waals surface area (Å²) in [7, 11) is 0. The van der Waals surface area contributed by atoms with E-state index in [1.165, 1.54) is 12.1 Å². The highest BCUT2D eigenvalue weighted by molar-refractivity contribution is 6.00. The van der Waals surface area contributed by atoms with Gasteiger partial charge >= 0.3 is 5.69 Å². The summed E-state index contributed by atoms with van der Waals surface area (Å²) in [6.45, 7) is 6.23. The molecular formula is C20H23N3O5. The van der Waals surface area contributed by atoms with Crippen LogP contribution in [0.4, 0.5) is 5.69 Å². The van der Waals surface area contributed by atoms with E-state index in [2.05, 4.69) is 10.5 Å². The number of rotatable bonds is 9. The van der Waals surface area contributed by atoms with Gasteiger partial charge in [0.1, 0.15) is 5.75 Å². The molecule has 2 aromatic carbocycles. The number of amides is 1. The predicted octanol–water partition coefficient (Wildman–Crippen LogP) is 3.48. The first-order chi connectivity index (χ1) is 13.4. The van der Waals surface area contributed by atoms with E-state index in [1.54, 1.807) is 32.0 Å². The van der Waals surface area contributed by atoms with Crippen LogP contribution in [0.1, 0.15) is 31.9 Å².